The maximum absolute atomic E-state index is 13.7. The monoisotopic (exact) mass is 502 g/mol. The Balaban J connectivity index is 1.58. The van der Waals surface area contributed by atoms with Crippen LogP contribution in [0, 0.1) is 0 Å². The Bertz CT molecular complexity index is 1350. The summed E-state index contributed by atoms with van der Waals surface area (Å²) in [6.45, 7) is 2.51. The van der Waals surface area contributed by atoms with Crippen LogP contribution in [0.4, 0.5) is 0 Å². The van der Waals surface area contributed by atoms with E-state index in [1.165, 1.54) is 15.3 Å². The lowest BCUT2D eigenvalue weighted by Gasteiger charge is -2.19. The van der Waals surface area contributed by atoms with Gasteiger partial charge in [0.2, 0.25) is 0 Å². The molecule has 1 N–H and O–H groups in total. The van der Waals surface area contributed by atoms with Crippen molar-refractivity contribution in [2.24, 2.45) is 0 Å². The van der Waals surface area contributed by atoms with Crippen LogP contribution in [0.15, 0.2) is 58.5 Å². The summed E-state index contributed by atoms with van der Waals surface area (Å²) >= 11 is 15.5. The average Bonchev–Trinajstić information content (AvgIpc) is 3.15. The molecule has 0 bridgehead atoms. The first kappa shape index (κ1) is 22.0. The molecule has 32 heavy (non-hydrogen) atoms. The van der Waals surface area contributed by atoms with E-state index in [0.29, 0.717) is 22.3 Å². The number of likely N-dealkylation sites (N-methyl/N-ethyl adjacent to an activating group) is 1. The maximum atomic E-state index is 13.7. The molecule has 2 aromatic carbocycles. The van der Waals surface area contributed by atoms with Crippen molar-refractivity contribution in [2.75, 3.05) is 13.6 Å². The number of aromatic nitrogens is 2. The number of quaternary nitrogens is 1. The number of hydrogen-bond donors (Lipinski definition) is 1. The molecule has 4 aromatic rings. The fraction of sp³-hybridized carbons (Fsp3) is 0.250. The van der Waals surface area contributed by atoms with Crippen molar-refractivity contribution in [1.29, 1.82) is 0 Å². The van der Waals surface area contributed by atoms with Crippen LogP contribution in [0.2, 0.25) is 10.0 Å². The second-order valence-electron chi connectivity index (χ2n) is 8.13. The molecule has 0 amide bonds. The molecule has 3 heterocycles. The topological polar surface area (TPSA) is 39.3 Å². The predicted molar refractivity (Wildman–Crippen MR) is 135 cm³/mol. The zero-order chi connectivity index (χ0) is 22.2. The zero-order valence-electron chi connectivity index (χ0n) is 17.5. The molecule has 0 saturated heterocycles. The van der Waals surface area contributed by atoms with Crippen molar-refractivity contribution >= 4 is 56.5 Å². The summed E-state index contributed by atoms with van der Waals surface area (Å²) < 4.78 is 1.83. The van der Waals surface area contributed by atoms with E-state index in [4.69, 9.17) is 28.2 Å². The number of halogens is 2. The Morgan fingerprint density at radius 2 is 1.94 bits per heavy atom. The zero-order valence-corrected chi connectivity index (χ0v) is 20.7. The van der Waals surface area contributed by atoms with Gasteiger partial charge in [0.15, 0.2) is 5.16 Å². The minimum Gasteiger partial charge on any atom is -0.333 e. The van der Waals surface area contributed by atoms with Crippen molar-refractivity contribution in [3.8, 4) is 0 Å². The fourth-order valence-corrected chi connectivity index (χ4v) is 6.70. The highest BCUT2D eigenvalue weighted by atomic mass is 35.5. The molecule has 2 aromatic heterocycles. The second kappa shape index (κ2) is 9.20. The molecule has 0 aliphatic carbocycles. The fourth-order valence-electron chi connectivity index (χ4n) is 4.07. The van der Waals surface area contributed by atoms with Crippen LogP contribution in [-0.4, -0.2) is 23.1 Å². The van der Waals surface area contributed by atoms with Crippen molar-refractivity contribution in [3.05, 3.63) is 90.5 Å². The highest BCUT2D eigenvalue weighted by Gasteiger charge is 2.26. The van der Waals surface area contributed by atoms with E-state index < -0.39 is 0 Å². The smallest absolute Gasteiger partial charge is 0.263 e. The van der Waals surface area contributed by atoms with E-state index in [9.17, 15) is 4.79 Å². The minimum absolute atomic E-state index is 0.0625. The summed E-state index contributed by atoms with van der Waals surface area (Å²) in [7, 11) is 2.20. The lowest BCUT2D eigenvalue weighted by atomic mass is 10.1. The number of nitrogens with one attached hydrogen (secondary N) is 1. The van der Waals surface area contributed by atoms with E-state index in [1.807, 2.05) is 47.0 Å². The van der Waals surface area contributed by atoms with Gasteiger partial charge in [-0.1, -0.05) is 71.4 Å². The summed E-state index contributed by atoms with van der Waals surface area (Å²) in [6.07, 6.45) is 0.930. The van der Waals surface area contributed by atoms with Gasteiger partial charge in [0.1, 0.15) is 11.4 Å². The van der Waals surface area contributed by atoms with Gasteiger partial charge < -0.3 is 4.90 Å². The summed E-state index contributed by atoms with van der Waals surface area (Å²) in [4.78, 5) is 22.4. The van der Waals surface area contributed by atoms with Gasteiger partial charge in [-0.2, -0.15) is 0 Å². The first-order valence-electron chi connectivity index (χ1n) is 10.5. The lowest BCUT2D eigenvalue weighted by molar-refractivity contribution is -0.895. The Morgan fingerprint density at radius 1 is 1.12 bits per heavy atom. The lowest BCUT2D eigenvalue weighted by Crippen LogP contribution is -3.08. The molecule has 0 saturated carbocycles. The van der Waals surface area contributed by atoms with Crippen LogP contribution in [0.25, 0.3) is 10.2 Å². The van der Waals surface area contributed by atoms with E-state index in [2.05, 4.69) is 7.05 Å². The van der Waals surface area contributed by atoms with E-state index >= 15 is 0 Å². The van der Waals surface area contributed by atoms with Crippen molar-refractivity contribution in [3.63, 3.8) is 0 Å². The van der Waals surface area contributed by atoms with Gasteiger partial charge in [0.05, 0.1) is 40.4 Å². The number of nitrogens with zero attached hydrogens (tertiary/aromatic N) is 2. The molecule has 1 atom stereocenters. The molecule has 0 fully saturated rings. The molecule has 164 valence electrons. The van der Waals surface area contributed by atoms with Gasteiger partial charge in [-0.3, -0.25) is 9.36 Å². The SMILES string of the molecule is C[NH+]1CCc2c(sc3nc(SCc4ccc(Cl)c(Cl)c4)n(Cc4ccccc4)c(=O)c23)C1. The highest BCUT2D eigenvalue weighted by molar-refractivity contribution is 7.98. The van der Waals surface area contributed by atoms with Crippen molar-refractivity contribution in [1.82, 2.24) is 9.55 Å². The van der Waals surface area contributed by atoms with Gasteiger partial charge in [0, 0.05) is 12.2 Å². The Morgan fingerprint density at radius 3 is 2.72 bits per heavy atom. The Labute approximate surface area is 204 Å². The number of hydrogen-bond acceptors (Lipinski definition) is 4. The molecule has 5 rings (SSSR count). The van der Waals surface area contributed by atoms with Crippen LogP contribution < -0.4 is 10.5 Å². The number of rotatable bonds is 5. The van der Waals surface area contributed by atoms with Crippen molar-refractivity contribution in [2.45, 2.75) is 30.4 Å². The predicted octanol–water partition coefficient (Wildman–Crippen LogP) is 4.68. The third-order valence-electron chi connectivity index (χ3n) is 5.76. The van der Waals surface area contributed by atoms with E-state index in [0.717, 1.165) is 46.0 Å². The number of thioether (sulfide) groups is 1. The Kier molecular flexibility index (Phi) is 6.32. The van der Waals surface area contributed by atoms with Crippen LogP contribution in [0.3, 0.4) is 0 Å². The summed E-state index contributed by atoms with van der Waals surface area (Å²) in [5.74, 6) is 0.654. The number of benzene rings is 2. The first-order chi connectivity index (χ1) is 15.5. The third-order valence-corrected chi connectivity index (χ3v) is 8.67. The van der Waals surface area contributed by atoms with E-state index in [-0.39, 0.29) is 5.56 Å². The van der Waals surface area contributed by atoms with Gasteiger partial charge in [-0.05, 0) is 28.8 Å². The molecule has 1 aliphatic rings. The normalized spacial score (nSPS) is 15.8. The quantitative estimate of drug-likeness (QED) is 0.318. The van der Waals surface area contributed by atoms with Gasteiger partial charge in [-0.15, -0.1) is 11.3 Å². The van der Waals surface area contributed by atoms with Gasteiger partial charge >= 0.3 is 0 Å². The third kappa shape index (κ3) is 4.35. The molecule has 0 radical (unpaired) electrons. The molecular formula is C24H22Cl2N3OS2+. The van der Waals surface area contributed by atoms with E-state index in [1.54, 1.807) is 29.2 Å². The van der Waals surface area contributed by atoms with Crippen molar-refractivity contribution < 1.29 is 4.90 Å². The second-order valence-corrected chi connectivity index (χ2v) is 11.0. The Hall–Kier alpha value is -1.83. The van der Waals surface area contributed by atoms with Crippen LogP contribution in [0.1, 0.15) is 21.6 Å². The maximum Gasteiger partial charge on any atom is 0.263 e. The number of fused-ring (bicyclic) bond motifs is 3. The minimum atomic E-state index is 0.0625. The molecular weight excluding hydrogens is 481 g/mol. The molecule has 1 unspecified atom stereocenters. The average molecular weight is 504 g/mol. The molecule has 0 spiro atoms. The summed E-state index contributed by atoms with van der Waals surface area (Å²) in [5.41, 5.74) is 3.39. The number of thiophene rings is 1. The van der Waals surface area contributed by atoms with Crippen LogP contribution in [0.5, 0.6) is 0 Å². The summed E-state index contributed by atoms with van der Waals surface area (Å²) in [6, 6.07) is 15.7. The largest absolute Gasteiger partial charge is 0.333 e. The van der Waals surface area contributed by atoms with Crippen LogP contribution >= 0.6 is 46.3 Å². The van der Waals surface area contributed by atoms with Gasteiger partial charge in [0.25, 0.3) is 5.56 Å². The standard InChI is InChI=1S/C24H21Cl2N3OS2/c1-28-10-9-17-20(13-28)32-22-21(17)23(30)29(12-15-5-3-2-4-6-15)24(27-22)31-14-16-7-8-18(25)19(26)11-16/h2-8,11H,9-10,12-14H2,1H3/p+1. The van der Waals surface area contributed by atoms with Crippen LogP contribution in [-0.2, 0) is 25.3 Å². The molecule has 1 aliphatic heterocycles. The molecule has 8 heteroatoms. The van der Waals surface area contributed by atoms with Gasteiger partial charge in [-0.25, -0.2) is 4.98 Å². The highest BCUT2D eigenvalue weighted by Crippen LogP contribution is 2.32. The molecule has 4 nitrogen and oxygen atoms in total. The summed E-state index contributed by atoms with van der Waals surface area (Å²) in [5, 5.41) is 2.62. The first-order valence-corrected chi connectivity index (χ1v) is 13.0.